The van der Waals surface area contributed by atoms with E-state index in [4.69, 9.17) is 0 Å². The van der Waals surface area contributed by atoms with Crippen molar-refractivity contribution in [1.29, 1.82) is 0 Å². The highest BCUT2D eigenvalue weighted by molar-refractivity contribution is 5.75. The van der Waals surface area contributed by atoms with Crippen LogP contribution in [0, 0.1) is 5.41 Å². The lowest BCUT2D eigenvalue weighted by molar-refractivity contribution is -0.150. The number of carbonyl (C=O) groups is 1. The minimum Gasteiger partial charge on any atom is -0.481 e. The number of nitrogens with zero attached hydrogens (tertiary/aromatic N) is 3. The first-order chi connectivity index (χ1) is 8.18. The van der Waals surface area contributed by atoms with Crippen molar-refractivity contribution in [3.05, 3.63) is 18.6 Å². The van der Waals surface area contributed by atoms with Crippen LogP contribution in [0.2, 0.25) is 0 Å². The van der Waals surface area contributed by atoms with Crippen LogP contribution in [0.1, 0.15) is 26.2 Å². The third-order valence-corrected chi connectivity index (χ3v) is 3.74. The lowest BCUT2D eigenvalue weighted by atomic mass is 9.76. The monoisotopic (exact) mass is 235 g/mol. The number of hydrogen-bond donors (Lipinski definition) is 1. The minimum atomic E-state index is -0.665. The molecule has 1 N–H and O–H groups in total. The first-order valence-electron chi connectivity index (χ1n) is 5.92. The summed E-state index contributed by atoms with van der Waals surface area (Å²) < 4.78 is 0. The van der Waals surface area contributed by atoms with Gasteiger partial charge in [-0.1, -0.05) is 6.92 Å². The average Bonchev–Trinajstić information content (AvgIpc) is 2.39. The molecule has 0 saturated carbocycles. The zero-order chi connectivity index (χ0) is 12.3. The van der Waals surface area contributed by atoms with Crippen molar-refractivity contribution in [1.82, 2.24) is 9.97 Å². The number of piperidine rings is 1. The van der Waals surface area contributed by atoms with Gasteiger partial charge in [0.15, 0.2) is 0 Å². The lowest BCUT2D eigenvalue weighted by Crippen LogP contribution is -2.44. The van der Waals surface area contributed by atoms with E-state index >= 15 is 0 Å². The van der Waals surface area contributed by atoms with Gasteiger partial charge in [-0.05, 0) is 25.3 Å². The summed E-state index contributed by atoms with van der Waals surface area (Å²) in [5.74, 6) is 0.220. The molecule has 0 amide bonds. The highest BCUT2D eigenvalue weighted by Crippen LogP contribution is 2.36. The molecule has 1 saturated heterocycles. The summed E-state index contributed by atoms with van der Waals surface area (Å²) in [6, 6.07) is 1.86. The van der Waals surface area contributed by atoms with Crippen LogP contribution >= 0.6 is 0 Å². The largest absolute Gasteiger partial charge is 0.481 e. The second kappa shape index (κ2) is 4.69. The number of hydrogen-bond acceptors (Lipinski definition) is 4. The molecule has 1 aromatic heterocycles. The molecule has 0 aromatic carbocycles. The number of aromatic nitrogens is 2. The Labute approximate surface area is 100 Å². The maximum atomic E-state index is 11.3. The number of rotatable bonds is 3. The van der Waals surface area contributed by atoms with Crippen molar-refractivity contribution < 1.29 is 9.90 Å². The quantitative estimate of drug-likeness (QED) is 0.861. The van der Waals surface area contributed by atoms with Crippen LogP contribution in [0.25, 0.3) is 0 Å². The molecule has 17 heavy (non-hydrogen) atoms. The molecule has 92 valence electrons. The molecule has 0 atom stereocenters. The van der Waals surface area contributed by atoms with Gasteiger partial charge in [-0.15, -0.1) is 0 Å². The molecule has 0 radical (unpaired) electrons. The Bertz CT molecular complexity index is 386. The smallest absolute Gasteiger partial charge is 0.309 e. The first kappa shape index (κ1) is 11.8. The standard InChI is InChI=1S/C12H17N3O2/c1-2-12(11(16)17)4-7-15(8-5-12)10-3-6-13-9-14-10/h3,6,9H,2,4-5,7-8H2,1H3,(H,16,17). The molecular weight excluding hydrogens is 218 g/mol. The second-order valence-electron chi connectivity index (χ2n) is 4.49. The van der Waals surface area contributed by atoms with Crippen LogP contribution in [0.15, 0.2) is 18.6 Å². The fraction of sp³-hybridized carbons (Fsp3) is 0.583. The third kappa shape index (κ3) is 2.23. The van der Waals surface area contributed by atoms with Crippen LogP contribution in [0.3, 0.4) is 0 Å². The molecule has 0 aliphatic carbocycles. The highest BCUT2D eigenvalue weighted by atomic mass is 16.4. The molecule has 1 aromatic rings. The molecule has 5 nitrogen and oxygen atoms in total. The van der Waals surface area contributed by atoms with E-state index in [0.29, 0.717) is 19.3 Å². The first-order valence-corrected chi connectivity index (χ1v) is 5.92. The molecule has 2 heterocycles. The Kier molecular flexibility index (Phi) is 3.26. The van der Waals surface area contributed by atoms with E-state index in [-0.39, 0.29) is 0 Å². The van der Waals surface area contributed by atoms with Crippen molar-refractivity contribution in [2.24, 2.45) is 5.41 Å². The van der Waals surface area contributed by atoms with E-state index < -0.39 is 11.4 Å². The number of aliphatic carboxylic acids is 1. The van der Waals surface area contributed by atoms with Gasteiger partial charge >= 0.3 is 5.97 Å². The average molecular weight is 235 g/mol. The van der Waals surface area contributed by atoms with Crippen molar-refractivity contribution >= 4 is 11.8 Å². The van der Waals surface area contributed by atoms with Gasteiger partial charge in [0.25, 0.3) is 0 Å². The Morgan fingerprint density at radius 1 is 1.53 bits per heavy atom. The number of anilines is 1. The minimum absolute atomic E-state index is 0.538. The Balaban J connectivity index is 2.05. The molecule has 2 rings (SSSR count). The highest BCUT2D eigenvalue weighted by Gasteiger charge is 2.39. The molecule has 1 aliphatic rings. The molecule has 0 unspecified atom stereocenters. The fourth-order valence-corrected chi connectivity index (χ4v) is 2.35. The predicted molar refractivity (Wildman–Crippen MR) is 63.8 cm³/mol. The molecule has 1 fully saturated rings. The van der Waals surface area contributed by atoms with Gasteiger partial charge in [0.1, 0.15) is 12.1 Å². The zero-order valence-electron chi connectivity index (χ0n) is 9.96. The van der Waals surface area contributed by atoms with E-state index in [9.17, 15) is 9.90 Å². The molecule has 1 aliphatic heterocycles. The van der Waals surface area contributed by atoms with E-state index in [0.717, 1.165) is 18.9 Å². The van der Waals surface area contributed by atoms with Crippen molar-refractivity contribution in [2.45, 2.75) is 26.2 Å². The SMILES string of the molecule is CCC1(C(=O)O)CCN(c2ccncn2)CC1. The number of carboxylic acids is 1. The summed E-state index contributed by atoms with van der Waals surface area (Å²) in [4.78, 5) is 21.5. The Morgan fingerprint density at radius 3 is 2.71 bits per heavy atom. The van der Waals surface area contributed by atoms with E-state index in [2.05, 4.69) is 14.9 Å². The number of carboxylic acid groups (broad SMARTS) is 1. The van der Waals surface area contributed by atoms with E-state index in [1.807, 2.05) is 13.0 Å². The van der Waals surface area contributed by atoms with Gasteiger partial charge in [0.05, 0.1) is 5.41 Å². The molecule has 5 heteroatoms. The summed E-state index contributed by atoms with van der Waals surface area (Å²) in [6.45, 7) is 3.45. The maximum absolute atomic E-state index is 11.3. The van der Waals surface area contributed by atoms with Gasteiger partial charge in [-0.3, -0.25) is 4.79 Å². The van der Waals surface area contributed by atoms with Gasteiger partial charge < -0.3 is 10.0 Å². The topological polar surface area (TPSA) is 66.3 Å². The summed E-state index contributed by atoms with van der Waals surface area (Å²) in [7, 11) is 0. The summed E-state index contributed by atoms with van der Waals surface area (Å²) in [6.07, 6.45) is 5.29. The maximum Gasteiger partial charge on any atom is 0.309 e. The normalized spacial score (nSPS) is 19.0. The molecular formula is C12H17N3O2. The summed E-state index contributed by atoms with van der Waals surface area (Å²) in [5.41, 5.74) is -0.538. The Hall–Kier alpha value is -1.65. The summed E-state index contributed by atoms with van der Waals surface area (Å²) >= 11 is 0. The second-order valence-corrected chi connectivity index (χ2v) is 4.49. The molecule has 0 spiro atoms. The van der Waals surface area contributed by atoms with Gasteiger partial charge in [-0.2, -0.15) is 0 Å². The van der Waals surface area contributed by atoms with Gasteiger partial charge in [-0.25, -0.2) is 9.97 Å². The third-order valence-electron chi connectivity index (χ3n) is 3.74. The molecule has 0 bridgehead atoms. The van der Waals surface area contributed by atoms with E-state index in [1.54, 1.807) is 6.20 Å². The van der Waals surface area contributed by atoms with Crippen LogP contribution in [0.5, 0.6) is 0 Å². The zero-order valence-corrected chi connectivity index (χ0v) is 9.96. The van der Waals surface area contributed by atoms with Crippen LogP contribution < -0.4 is 4.90 Å². The van der Waals surface area contributed by atoms with Gasteiger partial charge in [0.2, 0.25) is 0 Å². The lowest BCUT2D eigenvalue weighted by Gasteiger charge is -2.38. The summed E-state index contributed by atoms with van der Waals surface area (Å²) in [5, 5.41) is 9.30. The van der Waals surface area contributed by atoms with E-state index in [1.165, 1.54) is 6.33 Å². The van der Waals surface area contributed by atoms with Crippen molar-refractivity contribution in [3.63, 3.8) is 0 Å². The van der Waals surface area contributed by atoms with Crippen molar-refractivity contribution in [2.75, 3.05) is 18.0 Å². The van der Waals surface area contributed by atoms with Crippen LogP contribution in [-0.4, -0.2) is 34.1 Å². The van der Waals surface area contributed by atoms with Crippen molar-refractivity contribution in [3.8, 4) is 0 Å². The van der Waals surface area contributed by atoms with Crippen LogP contribution in [-0.2, 0) is 4.79 Å². The van der Waals surface area contributed by atoms with Crippen LogP contribution in [0.4, 0.5) is 5.82 Å². The van der Waals surface area contributed by atoms with Gasteiger partial charge in [0, 0.05) is 19.3 Å². The fourth-order valence-electron chi connectivity index (χ4n) is 2.35. The Morgan fingerprint density at radius 2 is 2.24 bits per heavy atom. The predicted octanol–water partition coefficient (Wildman–Crippen LogP) is 1.56.